The van der Waals surface area contributed by atoms with Gasteiger partial charge in [-0.05, 0) is 96.3 Å². The Balaban J connectivity index is 4.21. The van der Waals surface area contributed by atoms with Crippen LogP contribution in [0.1, 0.15) is 187 Å². The molecule has 0 bridgehead atoms. The smallest absolute Gasteiger partial charge is 0.462 e. The van der Waals surface area contributed by atoms with E-state index in [9.17, 15) is 19.0 Å². The van der Waals surface area contributed by atoms with Crippen molar-refractivity contribution < 1.29 is 42.1 Å². The Labute approximate surface area is 434 Å². The van der Waals surface area contributed by atoms with Crippen molar-refractivity contribution >= 4 is 19.8 Å². The SMILES string of the molecule is CC/C=C\C/C=C\C/C=C\C/C=C\C/C=C\C/C=C\C/C=C\C/C=C\C/C=C\C/C=C\C/C=C\CCCCCC(=O)OC(COC(=O)CCCCCCCCCCCC)COP(=O)(O)OCC[N+](C)(C)C. The van der Waals surface area contributed by atoms with Gasteiger partial charge in [-0.3, -0.25) is 18.6 Å². The lowest BCUT2D eigenvalue weighted by atomic mass is 10.1. The molecule has 0 saturated carbocycles. The van der Waals surface area contributed by atoms with Crippen molar-refractivity contribution in [2.75, 3.05) is 47.5 Å². The van der Waals surface area contributed by atoms with Crippen LogP contribution in [-0.4, -0.2) is 74.9 Å². The van der Waals surface area contributed by atoms with Gasteiger partial charge in [0, 0.05) is 12.8 Å². The fourth-order valence-corrected chi connectivity index (χ4v) is 7.46. The molecule has 0 aliphatic carbocycles. The predicted octanol–water partition coefficient (Wildman–Crippen LogP) is 17.0. The molecule has 10 heteroatoms. The van der Waals surface area contributed by atoms with Crippen LogP contribution in [0.4, 0.5) is 0 Å². The van der Waals surface area contributed by atoms with Crippen molar-refractivity contribution in [2.24, 2.45) is 0 Å². The molecule has 0 aromatic rings. The molecule has 0 rings (SSSR count). The summed E-state index contributed by atoms with van der Waals surface area (Å²) in [5.74, 6) is -0.848. The summed E-state index contributed by atoms with van der Waals surface area (Å²) in [4.78, 5) is 35.4. The Morgan fingerprint density at radius 1 is 0.451 bits per heavy atom. The molecule has 2 unspecified atom stereocenters. The number of allylic oxidation sites excluding steroid dienone is 22. The van der Waals surface area contributed by atoms with Gasteiger partial charge in [0.25, 0.3) is 0 Å². The van der Waals surface area contributed by atoms with Crippen LogP contribution in [0.2, 0.25) is 0 Å². The molecule has 0 aliphatic heterocycles. The Hall–Kier alpha value is -3.85. The van der Waals surface area contributed by atoms with Gasteiger partial charge in [0.15, 0.2) is 6.10 Å². The minimum atomic E-state index is -4.39. The molecular formula is C61H101NO8P+. The second kappa shape index (κ2) is 51.1. The van der Waals surface area contributed by atoms with Crippen LogP contribution in [-0.2, 0) is 32.7 Å². The third kappa shape index (κ3) is 55.3. The first-order valence-electron chi connectivity index (χ1n) is 27.4. The first kappa shape index (κ1) is 67.1. The van der Waals surface area contributed by atoms with Crippen molar-refractivity contribution in [3.63, 3.8) is 0 Å². The lowest BCUT2D eigenvalue weighted by Crippen LogP contribution is -2.37. The highest BCUT2D eigenvalue weighted by Crippen LogP contribution is 2.43. The lowest BCUT2D eigenvalue weighted by molar-refractivity contribution is -0.870. The molecule has 2 atom stereocenters. The molecule has 0 aliphatic rings. The van der Waals surface area contributed by atoms with Gasteiger partial charge in [-0.1, -0.05) is 212 Å². The molecular weight excluding hydrogens is 906 g/mol. The summed E-state index contributed by atoms with van der Waals surface area (Å²) >= 11 is 0. The Morgan fingerprint density at radius 3 is 1.20 bits per heavy atom. The van der Waals surface area contributed by atoms with E-state index in [2.05, 4.69) is 148 Å². The number of nitrogens with zero attached hydrogens (tertiary/aromatic N) is 1. The quantitative estimate of drug-likeness (QED) is 0.0211. The molecule has 1 N–H and O–H groups in total. The highest BCUT2D eigenvalue weighted by molar-refractivity contribution is 7.47. The maximum Gasteiger partial charge on any atom is 0.472 e. The van der Waals surface area contributed by atoms with E-state index < -0.39 is 26.5 Å². The molecule has 402 valence electrons. The summed E-state index contributed by atoms with van der Waals surface area (Å²) in [5.41, 5.74) is 0. The van der Waals surface area contributed by atoms with Crippen molar-refractivity contribution in [1.82, 2.24) is 0 Å². The van der Waals surface area contributed by atoms with Crippen LogP contribution in [0.25, 0.3) is 0 Å². The highest BCUT2D eigenvalue weighted by Gasteiger charge is 2.27. The fraction of sp³-hybridized carbons (Fsp3) is 0.607. The monoisotopic (exact) mass is 1010 g/mol. The van der Waals surface area contributed by atoms with Crippen LogP contribution in [0, 0.1) is 0 Å². The summed E-state index contributed by atoms with van der Waals surface area (Å²) in [7, 11) is 1.44. The number of unbranched alkanes of at least 4 members (excludes halogenated alkanes) is 12. The van der Waals surface area contributed by atoms with E-state index in [1.54, 1.807) is 0 Å². The van der Waals surface area contributed by atoms with E-state index in [1.807, 2.05) is 21.1 Å². The van der Waals surface area contributed by atoms with Gasteiger partial charge in [-0.25, -0.2) is 4.57 Å². The average Bonchev–Trinajstić information content (AvgIpc) is 3.33. The standard InChI is InChI=1S/C61H100NO8P/c1-6-8-10-12-14-16-18-19-20-21-22-23-24-25-26-27-28-29-30-31-32-33-34-35-36-37-38-39-40-41-42-43-44-46-48-50-52-54-61(64)70-59(58-69-71(65,66)68-56-55-62(3,4)5)57-67-60(63)53-51-49-47-45-17-15-13-11-9-7-2/h8,10,14,16,19-20,22-23,25-26,28-29,31-32,34-35,37-38,40-41,43-44,59H,6-7,9,11-13,15,17-18,21,24,27,30,33,36,39,42,45-58H2,1-5H3/p+1/b10-8-,16-14-,20-19-,23-22-,26-25-,29-28-,32-31-,35-34-,38-37-,41-40-,44-43-. The summed E-state index contributed by atoms with van der Waals surface area (Å²) in [6, 6.07) is 0. The van der Waals surface area contributed by atoms with Crippen molar-refractivity contribution in [2.45, 2.75) is 193 Å². The fourth-order valence-electron chi connectivity index (χ4n) is 6.72. The summed E-state index contributed by atoms with van der Waals surface area (Å²) in [6.45, 7) is 4.23. The number of rotatable bonds is 48. The molecule has 0 radical (unpaired) electrons. The zero-order chi connectivity index (χ0) is 52.0. The van der Waals surface area contributed by atoms with Crippen LogP contribution < -0.4 is 0 Å². The molecule has 0 aromatic heterocycles. The van der Waals surface area contributed by atoms with Crippen LogP contribution in [0.3, 0.4) is 0 Å². The molecule has 9 nitrogen and oxygen atoms in total. The molecule has 0 fully saturated rings. The van der Waals surface area contributed by atoms with E-state index in [4.69, 9.17) is 18.5 Å². The van der Waals surface area contributed by atoms with Gasteiger partial charge >= 0.3 is 19.8 Å². The zero-order valence-corrected chi connectivity index (χ0v) is 46.3. The Bertz CT molecular complexity index is 1660. The maximum atomic E-state index is 12.7. The van der Waals surface area contributed by atoms with Gasteiger partial charge in [-0.15, -0.1) is 0 Å². The molecule has 0 amide bonds. The second-order valence-corrected chi connectivity index (χ2v) is 20.3. The summed E-state index contributed by atoms with van der Waals surface area (Å²) in [5, 5.41) is 0. The third-order valence-corrected chi connectivity index (χ3v) is 11.9. The zero-order valence-electron chi connectivity index (χ0n) is 45.4. The van der Waals surface area contributed by atoms with Gasteiger partial charge in [0.1, 0.15) is 19.8 Å². The Kier molecular flexibility index (Phi) is 48.3. The number of hydrogen-bond donors (Lipinski definition) is 1. The first-order chi connectivity index (χ1) is 34.5. The largest absolute Gasteiger partial charge is 0.472 e. The topological polar surface area (TPSA) is 108 Å². The number of quaternary nitrogens is 1. The molecule has 0 aromatic carbocycles. The number of hydrogen-bond acceptors (Lipinski definition) is 7. The van der Waals surface area contributed by atoms with Crippen LogP contribution >= 0.6 is 7.82 Å². The second-order valence-electron chi connectivity index (χ2n) is 18.9. The number of carbonyl (C=O) groups excluding carboxylic acids is 2. The number of likely N-dealkylation sites (N-methyl/N-ethyl adjacent to an activating group) is 1. The Morgan fingerprint density at radius 2 is 0.803 bits per heavy atom. The summed E-state index contributed by atoms with van der Waals surface area (Å²) in [6.07, 6.45) is 73.9. The molecule has 0 saturated heterocycles. The minimum Gasteiger partial charge on any atom is -0.462 e. The minimum absolute atomic E-state index is 0.0187. The van der Waals surface area contributed by atoms with Crippen molar-refractivity contribution in [3.8, 4) is 0 Å². The van der Waals surface area contributed by atoms with Gasteiger partial charge in [0.05, 0.1) is 27.7 Å². The lowest BCUT2D eigenvalue weighted by Gasteiger charge is -2.24. The van der Waals surface area contributed by atoms with E-state index in [1.165, 1.54) is 44.9 Å². The maximum absolute atomic E-state index is 12.7. The van der Waals surface area contributed by atoms with E-state index >= 15 is 0 Å². The summed E-state index contributed by atoms with van der Waals surface area (Å²) < 4.78 is 34.3. The van der Waals surface area contributed by atoms with Crippen molar-refractivity contribution in [1.29, 1.82) is 0 Å². The van der Waals surface area contributed by atoms with Crippen molar-refractivity contribution in [3.05, 3.63) is 134 Å². The molecule has 0 heterocycles. The molecule has 0 spiro atoms. The van der Waals surface area contributed by atoms with E-state index in [0.29, 0.717) is 17.4 Å². The van der Waals surface area contributed by atoms with Crippen LogP contribution in [0.5, 0.6) is 0 Å². The van der Waals surface area contributed by atoms with Gasteiger partial charge in [0.2, 0.25) is 0 Å². The number of esters is 2. The van der Waals surface area contributed by atoms with Gasteiger partial charge in [-0.2, -0.15) is 0 Å². The molecule has 71 heavy (non-hydrogen) atoms. The first-order valence-corrected chi connectivity index (χ1v) is 28.9. The number of carbonyl (C=O) groups is 2. The number of phosphoric ester groups is 1. The predicted molar refractivity (Wildman–Crippen MR) is 302 cm³/mol. The number of phosphoric acid groups is 1. The third-order valence-electron chi connectivity index (χ3n) is 10.9. The highest BCUT2D eigenvalue weighted by atomic mass is 31.2. The normalized spacial score (nSPS) is 14.4. The van der Waals surface area contributed by atoms with E-state index in [0.717, 1.165) is 109 Å². The van der Waals surface area contributed by atoms with Gasteiger partial charge < -0.3 is 18.9 Å². The van der Waals surface area contributed by atoms with E-state index in [-0.39, 0.29) is 32.0 Å². The number of ether oxygens (including phenoxy) is 2. The van der Waals surface area contributed by atoms with Crippen LogP contribution in [0.15, 0.2) is 134 Å². The average molecular weight is 1010 g/mol.